The Hall–Kier alpha value is -3.68. The molecule has 168 valence electrons. The molecule has 2 amide bonds. The van der Waals surface area contributed by atoms with Crippen LogP contribution in [0.1, 0.15) is 35.3 Å². The number of rotatable bonds is 11. The minimum Gasteiger partial charge on any atom is -0.483 e. The molecule has 8 heteroatoms. The minimum absolute atomic E-state index is 0.168. The van der Waals surface area contributed by atoms with Crippen LogP contribution in [-0.4, -0.2) is 47.1 Å². The van der Waals surface area contributed by atoms with Gasteiger partial charge < -0.3 is 15.4 Å². The fourth-order valence-electron chi connectivity index (χ4n) is 3.35. The number of nitrogens with one attached hydrogen (secondary N) is 1. The lowest BCUT2D eigenvalue weighted by Crippen LogP contribution is -2.28. The molecule has 0 aliphatic carbocycles. The maximum absolute atomic E-state index is 13.4. The SMILES string of the molecule is CN(CCCCCc1cc(-c2cccc(F)c2)n[nH]1)C(=O)c1ccccc1OCC(N)=O. The molecule has 0 saturated carbocycles. The van der Waals surface area contributed by atoms with Crippen LogP contribution in [0.2, 0.25) is 0 Å². The number of hydrogen-bond donors (Lipinski definition) is 2. The zero-order chi connectivity index (χ0) is 22.9. The first-order chi connectivity index (χ1) is 15.4. The maximum Gasteiger partial charge on any atom is 0.257 e. The van der Waals surface area contributed by atoms with E-state index in [2.05, 4.69) is 10.2 Å². The van der Waals surface area contributed by atoms with E-state index in [4.69, 9.17) is 10.5 Å². The van der Waals surface area contributed by atoms with Gasteiger partial charge in [-0.15, -0.1) is 0 Å². The van der Waals surface area contributed by atoms with Gasteiger partial charge in [0.15, 0.2) is 6.61 Å². The van der Waals surface area contributed by atoms with Gasteiger partial charge in [-0.2, -0.15) is 5.10 Å². The predicted octanol–water partition coefficient (Wildman–Crippen LogP) is 3.56. The first-order valence-electron chi connectivity index (χ1n) is 10.5. The summed E-state index contributed by atoms with van der Waals surface area (Å²) in [5.41, 5.74) is 7.98. The number of para-hydroxylation sites is 1. The highest BCUT2D eigenvalue weighted by Gasteiger charge is 2.16. The summed E-state index contributed by atoms with van der Waals surface area (Å²) in [6.07, 6.45) is 3.54. The van der Waals surface area contributed by atoms with Gasteiger partial charge >= 0.3 is 0 Å². The van der Waals surface area contributed by atoms with Gasteiger partial charge in [0, 0.05) is 24.8 Å². The number of aromatic nitrogens is 2. The molecule has 0 aliphatic heterocycles. The van der Waals surface area contributed by atoms with Gasteiger partial charge in [-0.3, -0.25) is 14.7 Å². The quantitative estimate of drug-likeness (QED) is 0.447. The Balaban J connectivity index is 1.43. The van der Waals surface area contributed by atoms with E-state index < -0.39 is 5.91 Å². The van der Waals surface area contributed by atoms with E-state index in [1.807, 2.05) is 12.1 Å². The Morgan fingerprint density at radius 2 is 1.91 bits per heavy atom. The number of ether oxygens (including phenoxy) is 1. The molecule has 3 rings (SSSR count). The van der Waals surface area contributed by atoms with E-state index in [9.17, 15) is 14.0 Å². The van der Waals surface area contributed by atoms with Crippen LogP contribution in [0, 0.1) is 5.82 Å². The Labute approximate surface area is 186 Å². The summed E-state index contributed by atoms with van der Waals surface area (Å²) in [4.78, 5) is 25.4. The lowest BCUT2D eigenvalue weighted by molar-refractivity contribution is -0.119. The molecule has 2 aromatic carbocycles. The predicted molar refractivity (Wildman–Crippen MR) is 120 cm³/mol. The van der Waals surface area contributed by atoms with Crippen molar-refractivity contribution in [3.8, 4) is 17.0 Å². The standard InChI is InChI=1S/C24H27FN4O3/c1-29(24(31)20-11-4-5-12-22(20)32-16-23(26)30)13-6-2-3-10-19-15-21(28-27-19)17-8-7-9-18(25)14-17/h4-5,7-9,11-12,14-15H,2-3,6,10,13,16H2,1H3,(H2,26,30)(H,27,28). The van der Waals surface area contributed by atoms with Gasteiger partial charge in [0.1, 0.15) is 11.6 Å². The highest BCUT2D eigenvalue weighted by atomic mass is 19.1. The molecule has 3 aromatic rings. The number of primary amides is 1. The minimum atomic E-state index is -0.596. The Morgan fingerprint density at radius 1 is 1.09 bits per heavy atom. The second kappa shape index (κ2) is 11.1. The van der Waals surface area contributed by atoms with E-state index in [0.717, 1.165) is 42.6 Å². The molecule has 0 aliphatic rings. The molecule has 0 atom stereocenters. The van der Waals surface area contributed by atoms with Crippen molar-refractivity contribution in [2.45, 2.75) is 25.7 Å². The summed E-state index contributed by atoms with van der Waals surface area (Å²) in [6.45, 7) is 0.322. The molecule has 0 radical (unpaired) electrons. The maximum atomic E-state index is 13.4. The van der Waals surface area contributed by atoms with Gasteiger partial charge in [0.2, 0.25) is 0 Å². The third-order valence-corrected chi connectivity index (χ3v) is 5.03. The number of unbranched alkanes of at least 4 members (excludes halogenated alkanes) is 2. The third-order valence-electron chi connectivity index (χ3n) is 5.03. The molecule has 7 nitrogen and oxygen atoms in total. The molecule has 0 fully saturated rings. The van der Waals surface area contributed by atoms with Crippen LogP contribution < -0.4 is 10.5 Å². The summed E-state index contributed by atoms with van der Waals surface area (Å²) in [6, 6.07) is 15.1. The first kappa shape index (κ1) is 23.0. The average Bonchev–Trinajstić information content (AvgIpc) is 3.26. The van der Waals surface area contributed by atoms with Crippen LogP contribution in [0.4, 0.5) is 4.39 Å². The number of aryl methyl sites for hydroxylation is 1. The number of halogens is 1. The molecule has 0 spiro atoms. The summed E-state index contributed by atoms with van der Waals surface area (Å²) in [5, 5.41) is 7.27. The zero-order valence-electron chi connectivity index (χ0n) is 18.0. The lowest BCUT2D eigenvalue weighted by atomic mass is 10.1. The fraction of sp³-hybridized carbons (Fsp3) is 0.292. The highest BCUT2D eigenvalue weighted by molar-refractivity contribution is 5.96. The van der Waals surface area contributed by atoms with Crippen molar-refractivity contribution in [2.24, 2.45) is 5.73 Å². The van der Waals surface area contributed by atoms with Crippen molar-refractivity contribution >= 4 is 11.8 Å². The highest BCUT2D eigenvalue weighted by Crippen LogP contribution is 2.21. The van der Waals surface area contributed by atoms with Gasteiger partial charge in [-0.1, -0.05) is 30.7 Å². The molecule has 1 heterocycles. The van der Waals surface area contributed by atoms with Crippen LogP contribution >= 0.6 is 0 Å². The summed E-state index contributed by atoms with van der Waals surface area (Å²) in [7, 11) is 1.74. The van der Waals surface area contributed by atoms with Crippen molar-refractivity contribution in [1.29, 1.82) is 0 Å². The molecule has 32 heavy (non-hydrogen) atoms. The van der Waals surface area contributed by atoms with Gasteiger partial charge in [0.25, 0.3) is 11.8 Å². The van der Waals surface area contributed by atoms with E-state index in [1.54, 1.807) is 42.3 Å². The number of H-pyrrole nitrogens is 1. The largest absolute Gasteiger partial charge is 0.483 e. The average molecular weight is 439 g/mol. The Morgan fingerprint density at radius 3 is 2.69 bits per heavy atom. The number of amides is 2. The van der Waals surface area contributed by atoms with E-state index >= 15 is 0 Å². The number of carbonyl (C=O) groups excluding carboxylic acids is 2. The number of benzene rings is 2. The van der Waals surface area contributed by atoms with Crippen molar-refractivity contribution < 1.29 is 18.7 Å². The number of nitrogens with two attached hydrogens (primary N) is 1. The van der Waals surface area contributed by atoms with E-state index in [-0.39, 0.29) is 18.3 Å². The smallest absolute Gasteiger partial charge is 0.257 e. The summed E-state index contributed by atoms with van der Waals surface area (Å²) < 4.78 is 18.7. The zero-order valence-corrected chi connectivity index (χ0v) is 18.0. The number of carbonyl (C=O) groups is 2. The van der Waals surface area contributed by atoms with E-state index in [0.29, 0.717) is 17.9 Å². The third kappa shape index (κ3) is 6.41. The molecule has 0 unspecified atom stereocenters. The van der Waals surface area contributed by atoms with Gasteiger partial charge in [-0.05, 0) is 49.6 Å². The fourth-order valence-corrected chi connectivity index (χ4v) is 3.35. The van der Waals surface area contributed by atoms with Crippen LogP contribution in [-0.2, 0) is 11.2 Å². The molecular formula is C24H27FN4O3. The summed E-state index contributed by atoms with van der Waals surface area (Å²) >= 11 is 0. The van der Waals surface area contributed by atoms with Crippen LogP contribution in [0.15, 0.2) is 54.6 Å². The van der Waals surface area contributed by atoms with Crippen molar-refractivity contribution in [1.82, 2.24) is 15.1 Å². The number of hydrogen-bond acceptors (Lipinski definition) is 4. The monoisotopic (exact) mass is 438 g/mol. The molecule has 3 N–H and O–H groups in total. The van der Waals surface area contributed by atoms with Gasteiger partial charge in [-0.25, -0.2) is 4.39 Å². The first-order valence-corrected chi connectivity index (χ1v) is 10.5. The molecule has 0 saturated heterocycles. The Kier molecular flexibility index (Phi) is 7.96. The number of nitrogens with zero attached hydrogens (tertiary/aromatic N) is 2. The second-order valence-corrected chi connectivity index (χ2v) is 7.58. The summed E-state index contributed by atoms with van der Waals surface area (Å²) in [5.74, 6) is -0.705. The molecule has 0 bridgehead atoms. The van der Waals surface area contributed by atoms with E-state index in [1.165, 1.54) is 12.1 Å². The van der Waals surface area contributed by atoms with Crippen molar-refractivity contribution in [3.63, 3.8) is 0 Å². The van der Waals surface area contributed by atoms with Gasteiger partial charge in [0.05, 0.1) is 11.3 Å². The van der Waals surface area contributed by atoms with Crippen LogP contribution in [0.25, 0.3) is 11.3 Å². The topological polar surface area (TPSA) is 101 Å². The lowest BCUT2D eigenvalue weighted by Gasteiger charge is -2.19. The molecular weight excluding hydrogens is 411 g/mol. The van der Waals surface area contributed by atoms with Crippen LogP contribution in [0.5, 0.6) is 5.75 Å². The van der Waals surface area contributed by atoms with Crippen molar-refractivity contribution in [2.75, 3.05) is 20.2 Å². The normalized spacial score (nSPS) is 10.7. The molecule has 1 aromatic heterocycles. The Bertz CT molecular complexity index is 1070. The van der Waals surface area contributed by atoms with Crippen molar-refractivity contribution in [3.05, 3.63) is 71.7 Å². The van der Waals surface area contributed by atoms with Crippen LogP contribution in [0.3, 0.4) is 0 Å². The second-order valence-electron chi connectivity index (χ2n) is 7.58. The number of aromatic amines is 1.